The van der Waals surface area contributed by atoms with E-state index in [2.05, 4.69) is 4.52 Å². The van der Waals surface area contributed by atoms with Crippen LogP contribution in [0, 0.1) is 5.92 Å². The summed E-state index contributed by atoms with van der Waals surface area (Å²) in [4.78, 5) is 30.0. The normalized spacial score (nSPS) is 30.9. The lowest BCUT2D eigenvalue weighted by molar-refractivity contribution is -0.729. The number of carboxylic acid groups (broad SMARTS) is 1. The number of aromatic carboxylic acids is 1. The average Bonchev–Trinajstić information content (AvgIpc) is 2.72. The summed E-state index contributed by atoms with van der Waals surface area (Å²) in [5.41, 5.74) is -0.0942. The van der Waals surface area contributed by atoms with E-state index in [1.807, 2.05) is 0 Å². The van der Waals surface area contributed by atoms with E-state index >= 15 is 0 Å². The van der Waals surface area contributed by atoms with Crippen LogP contribution >= 0.6 is 7.82 Å². The van der Waals surface area contributed by atoms with Crippen LogP contribution in [-0.4, -0.2) is 39.9 Å². The Bertz CT molecular complexity index is 603. The molecule has 9 nitrogen and oxygen atoms in total. The van der Waals surface area contributed by atoms with E-state index in [0.717, 1.165) is 0 Å². The van der Waals surface area contributed by atoms with Crippen molar-refractivity contribution in [2.45, 2.75) is 24.7 Å². The summed E-state index contributed by atoms with van der Waals surface area (Å²) in [6, 6.07) is 2.12. The zero-order chi connectivity index (χ0) is 16.5. The quantitative estimate of drug-likeness (QED) is 0.383. The molecule has 0 saturated heterocycles. The first-order chi connectivity index (χ1) is 10.2. The van der Waals surface area contributed by atoms with Crippen molar-refractivity contribution in [3.8, 4) is 0 Å². The van der Waals surface area contributed by atoms with Crippen LogP contribution in [0.4, 0.5) is 0 Å². The van der Waals surface area contributed by atoms with Gasteiger partial charge < -0.3 is 34.4 Å². The van der Waals surface area contributed by atoms with Crippen molar-refractivity contribution in [3.05, 3.63) is 30.1 Å². The lowest BCUT2D eigenvalue weighted by Crippen LogP contribution is -2.46. The van der Waals surface area contributed by atoms with E-state index < -0.39 is 44.6 Å². The Labute approximate surface area is 125 Å². The number of phosphoric ester groups is 1. The molecule has 2 rings (SSSR count). The maximum atomic E-state index is 10.8. The topological polar surface area (TPSA) is 154 Å². The van der Waals surface area contributed by atoms with Gasteiger partial charge >= 0.3 is 0 Å². The highest BCUT2D eigenvalue weighted by Crippen LogP contribution is 2.37. The maximum Gasteiger partial charge on any atom is 0.265 e. The smallest absolute Gasteiger partial charge is 0.265 e. The molecule has 10 heteroatoms. The molecule has 1 unspecified atom stereocenters. The molecule has 0 radical (unpaired) electrons. The Kier molecular flexibility index (Phi) is 4.96. The number of aromatic nitrogens is 1. The Morgan fingerprint density at radius 3 is 2.73 bits per heavy atom. The molecule has 122 valence electrons. The number of aliphatic hydroxyl groups is 2. The van der Waals surface area contributed by atoms with Crippen LogP contribution < -0.4 is 14.6 Å². The Hall–Kier alpha value is -1.35. The van der Waals surface area contributed by atoms with Crippen LogP contribution in [0.1, 0.15) is 22.8 Å². The summed E-state index contributed by atoms with van der Waals surface area (Å²) < 4.78 is 16.2. The number of nitrogens with zero attached hydrogens (tertiary/aromatic N) is 1. The first-order valence-electron chi connectivity index (χ1n) is 6.45. The minimum atomic E-state index is -4.91. The van der Waals surface area contributed by atoms with Gasteiger partial charge in [0.25, 0.3) is 7.82 Å². The Morgan fingerprint density at radius 1 is 1.45 bits per heavy atom. The van der Waals surface area contributed by atoms with E-state index in [0.29, 0.717) is 0 Å². The Morgan fingerprint density at radius 2 is 2.14 bits per heavy atom. The lowest BCUT2D eigenvalue weighted by atomic mass is 10.1. The van der Waals surface area contributed by atoms with Gasteiger partial charge in [-0.1, -0.05) is 0 Å². The molecule has 1 fully saturated rings. The van der Waals surface area contributed by atoms with Gasteiger partial charge in [-0.25, -0.2) is 0 Å². The first kappa shape index (κ1) is 17.0. The molecule has 1 aliphatic rings. The minimum absolute atomic E-state index is 0.0942. The molecule has 0 amide bonds. The predicted octanol–water partition coefficient (Wildman–Crippen LogP) is -2.90. The molecule has 5 atom stereocenters. The number of pyridine rings is 1. The second-order valence-corrected chi connectivity index (χ2v) is 6.33. The maximum absolute atomic E-state index is 10.8. The molecular weight excluding hydrogens is 317 g/mol. The molecule has 0 aliphatic heterocycles. The minimum Gasteiger partial charge on any atom is -0.756 e. The van der Waals surface area contributed by atoms with Crippen molar-refractivity contribution < 1.29 is 43.6 Å². The number of rotatable bonds is 5. The third-order valence-electron chi connectivity index (χ3n) is 3.66. The summed E-state index contributed by atoms with van der Waals surface area (Å²) in [7, 11) is -4.91. The van der Waals surface area contributed by atoms with E-state index in [9.17, 15) is 29.6 Å². The van der Waals surface area contributed by atoms with Crippen molar-refractivity contribution >= 4 is 13.8 Å². The molecule has 1 aromatic heterocycles. The molecule has 1 aromatic rings. The van der Waals surface area contributed by atoms with Crippen molar-refractivity contribution in [2.24, 2.45) is 5.92 Å². The summed E-state index contributed by atoms with van der Waals surface area (Å²) in [6.45, 7) is -0.479. The third-order valence-corrected chi connectivity index (χ3v) is 4.14. The number of aliphatic hydroxyl groups excluding tert-OH is 2. The fourth-order valence-corrected chi connectivity index (χ4v) is 2.95. The Balaban J connectivity index is 2.14. The van der Waals surface area contributed by atoms with Gasteiger partial charge in [-0.2, -0.15) is 4.57 Å². The first-order valence-corrected chi connectivity index (χ1v) is 7.95. The van der Waals surface area contributed by atoms with Crippen LogP contribution in [0.25, 0.3) is 0 Å². The fourth-order valence-electron chi connectivity index (χ4n) is 2.57. The predicted molar refractivity (Wildman–Crippen MR) is 65.9 cm³/mol. The second kappa shape index (κ2) is 6.41. The summed E-state index contributed by atoms with van der Waals surface area (Å²) in [6.07, 6.45) is 0.407. The highest BCUT2D eigenvalue weighted by atomic mass is 31.2. The second-order valence-electron chi connectivity index (χ2n) is 5.14. The van der Waals surface area contributed by atoms with Gasteiger partial charge in [-0.3, -0.25) is 4.57 Å². The largest absolute Gasteiger partial charge is 0.756 e. The fraction of sp³-hybridized carbons (Fsp3) is 0.500. The number of hydrogen-bond donors (Lipinski definition) is 3. The van der Waals surface area contributed by atoms with Crippen LogP contribution in [0.3, 0.4) is 0 Å². The van der Waals surface area contributed by atoms with Crippen LogP contribution in [0.15, 0.2) is 24.5 Å². The number of phosphoric acid groups is 1. The van der Waals surface area contributed by atoms with Crippen LogP contribution in [-0.2, 0) is 9.09 Å². The van der Waals surface area contributed by atoms with Crippen molar-refractivity contribution in [2.75, 3.05) is 6.61 Å². The van der Waals surface area contributed by atoms with Gasteiger partial charge in [0.05, 0.1) is 24.2 Å². The molecule has 1 heterocycles. The molecule has 1 aliphatic carbocycles. The number of carbonyl (C=O) groups is 1. The van der Waals surface area contributed by atoms with Gasteiger partial charge in [0.1, 0.15) is 6.10 Å². The van der Waals surface area contributed by atoms with Crippen molar-refractivity contribution in [1.82, 2.24) is 0 Å². The van der Waals surface area contributed by atoms with E-state index in [4.69, 9.17) is 4.89 Å². The molecule has 3 N–H and O–H groups in total. The monoisotopic (exact) mass is 332 g/mol. The van der Waals surface area contributed by atoms with Crippen molar-refractivity contribution in [1.29, 1.82) is 0 Å². The molecular formula is C12H15NO8P-. The zero-order valence-electron chi connectivity index (χ0n) is 11.3. The molecule has 0 spiro atoms. The highest BCUT2D eigenvalue weighted by Gasteiger charge is 2.47. The molecule has 0 aromatic carbocycles. The standard InChI is InChI=1S/C12H16NO8P/c14-10-8(6-21-22(18,19)20)4-9(11(10)15)13-3-1-2-7(5-13)12(16)17/h1-3,5,8-11,14-15H,4,6H2,(H2-,16,17,18,19,20)/p-1/t8-,9-,10-,11+/m1/s1. The third kappa shape index (κ3) is 3.89. The van der Waals surface area contributed by atoms with Gasteiger partial charge in [0.15, 0.2) is 18.4 Å². The van der Waals surface area contributed by atoms with Gasteiger partial charge in [0.2, 0.25) is 0 Å². The van der Waals surface area contributed by atoms with Crippen LogP contribution in [0.2, 0.25) is 0 Å². The van der Waals surface area contributed by atoms with Gasteiger partial charge in [0, 0.05) is 18.4 Å². The molecule has 0 bridgehead atoms. The average molecular weight is 332 g/mol. The highest BCUT2D eigenvalue weighted by molar-refractivity contribution is 7.44. The number of carbonyl (C=O) groups excluding carboxylic acids is 1. The molecule has 1 saturated carbocycles. The summed E-state index contributed by atoms with van der Waals surface area (Å²) in [5, 5.41) is 30.8. The number of hydrogen-bond acceptors (Lipinski definition) is 7. The summed E-state index contributed by atoms with van der Waals surface area (Å²) in [5.74, 6) is -2.11. The lowest BCUT2D eigenvalue weighted by Gasteiger charge is -2.20. The van der Waals surface area contributed by atoms with E-state index in [1.165, 1.54) is 29.1 Å². The summed E-state index contributed by atoms with van der Waals surface area (Å²) >= 11 is 0. The zero-order valence-corrected chi connectivity index (χ0v) is 12.2. The SMILES string of the molecule is O=C([O-])c1ccc[n+]([C@@H]2C[C@H](COP(=O)([O-])O)[C@@H](O)[C@H]2O)c1. The molecule has 22 heavy (non-hydrogen) atoms. The van der Waals surface area contributed by atoms with E-state index in [1.54, 1.807) is 0 Å². The van der Waals surface area contributed by atoms with Crippen molar-refractivity contribution in [3.63, 3.8) is 0 Å². The number of carboxylic acids is 1. The van der Waals surface area contributed by atoms with Gasteiger partial charge in [-0.15, -0.1) is 0 Å². The van der Waals surface area contributed by atoms with Gasteiger partial charge in [-0.05, 0) is 6.07 Å². The van der Waals surface area contributed by atoms with Crippen LogP contribution in [0.5, 0.6) is 0 Å². The van der Waals surface area contributed by atoms with E-state index in [-0.39, 0.29) is 12.0 Å².